The van der Waals surface area contributed by atoms with Crippen LogP contribution in [0.1, 0.15) is 36.5 Å². The molecule has 1 N–H and O–H groups in total. The molecule has 1 heterocycles. The molecule has 0 aliphatic heterocycles. The van der Waals surface area contributed by atoms with Crippen molar-refractivity contribution in [2.75, 3.05) is 19.0 Å². The molecule has 134 valence electrons. The Balaban J connectivity index is 2.05. The number of hydrogen-bond acceptors (Lipinski definition) is 5. The molecule has 0 unspecified atom stereocenters. The fraction of sp³-hybridized carbons (Fsp3) is 0.444. The third-order valence-electron chi connectivity index (χ3n) is 4.47. The summed E-state index contributed by atoms with van der Waals surface area (Å²) in [5, 5.41) is 4.12. The summed E-state index contributed by atoms with van der Waals surface area (Å²) in [4.78, 5) is 16.6. The van der Waals surface area contributed by atoms with Gasteiger partial charge in [0.15, 0.2) is 0 Å². The highest BCUT2D eigenvalue weighted by molar-refractivity contribution is 9.10. The van der Waals surface area contributed by atoms with Crippen LogP contribution in [0.4, 0.5) is 10.1 Å². The van der Waals surface area contributed by atoms with Gasteiger partial charge in [-0.3, -0.25) is 4.98 Å². The van der Waals surface area contributed by atoms with Gasteiger partial charge in [0.25, 0.3) is 0 Å². The number of nitrogens with one attached hydrogen (secondary N) is 1. The lowest BCUT2D eigenvalue weighted by Crippen LogP contribution is -2.20. The van der Waals surface area contributed by atoms with E-state index in [1.54, 1.807) is 20.1 Å². The number of hydrogen-bond donors (Lipinski definition) is 1. The average molecular weight is 411 g/mol. The van der Waals surface area contributed by atoms with Crippen molar-refractivity contribution in [3.8, 4) is 0 Å². The average Bonchev–Trinajstić information content (AvgIpc) is 3.04. The minimum Gasteiger partial charge on any atom is -0.462 e. The number of aromatic nitrogens is 1. The van der Waals surface area contributed by atoms with Crippen LogP contribution >= 0.6 is 15.9 Å². The number of carbonyl (C=O) groups excluding carboxylic acids is 1. The first-order chi connectivity index (χ1) is 12.0. The zero-order chi connectivity index (χ0) is 18.0. The van der Waals surface area contributed by atoms with E-state index < -0.39 is 11.8 Å². The van der Waals surface area contributed by atoms with E-state index in [9.17, 15) is 9.18 Å². The van der Waals surface area contributed by atoms with Crippen molar-refractivity contribution in [3.63, 3.8) is 0 Å². The van der Waals surface area contributed by atoms with Gasteiger partial charge in [-0.2, -0.15) is 0 Å². The van der Waals surface area contributed by atoms with Gasteiger partial charge in [0, 0.05) is 30.8 Å². The molecular weight excluding hydrogens is 391 g/mol. The quantitative estimate of drug-likeness (QED) is 0.744. The smallest absolute Gasteiger partial charge is 0.341 e. The Morgan fingerprint density at radius 3 is 2.92 bits per heavy atom. The van der Waals surface area contributed by atoms with Crippen molar-refractivity contribution < 1.29 is 18.7 Å². The fourth-order valence-corrected chi connectivity index (χ4v) is 3.54. The number of carbonyl (C=O) groups is 1. The molecule has 0 bridgehead atoms. The molecule has 1 aromatic carbocycles. The lowest BCUT2D eigenvalue weighted by molar-refractivity contribution is 0.0527. The summed E-state index contributed by atoms with van der Waals surface area (Å²) < 4.78 is 24.7. The van der Waals surface area contributed by atoms with Gasteiger partial charge in [-0.05, 0) is 48.2 Å². The second kappa shape index (κ2) is 7.66. The summed E-state index contributed by atoms with van der Waals surface area (Å²) in [6, 6.07) is 3.17. The molecular formula is C18H20BrFN2O3. The van der Waals surface area contributed by atoms with Gasteiger partial charge in [-0.15, -0.1) is 0 Å². The Labute approximate surface area is 154 Å². The van der Waals surface area contributed by atoms with E-state index in [1.807, 2.05) is 0 Å². The van der Waals surface area contributed by atoms with Gasteiger partial charge < -0.3 is 14.8 Å². The molecule has 7 heteroatoms. The molecule has 5 nitrogen and oxygen atoms in total. The summed E-state index contributed by atoms with van der Waals surface area (Å²) in [7, 11) is 1.71. The number of pyridine rings is 1. The Bertz CT molecular complexity index is 799. The highest BCUT2D eigenvalue weighted by Crippen LogP contribution is 2.33. The molecule has 1 aliphatic carbocycles. The van der Waals surface area contributed by atoms with Crippen molar-refractivity contribution in [2.45, 2.75) is 38.3 Å². The second-order valence-corrected chi connectivity index (χ2v) is 6.92. The first-order valence-corrected chi connectivity index (χ1v) is 9.07. The third kappa shape index (κ3) is 3.77. The third-order valence-corrected chi connectivity index (χ3v) is 5.08. The number of fused-ring (bicyclic) bond motifs is 1. The maximum atomic E-state index is 13.8. The van der Waals surface area contributed by atoms with Crippen LogP contribution in [-0.4, -0.2) is 36.8 Å². The van der Waals surface area contributed by atoms with Crippen LogP contribution in [0, 0.1) is 5.82 Å². The van der Waals surface area contributed by atoms with Crippen molar-refractivity contribution in [1.29, 1.82) is 0 Å². The predicted octanol–water partition coefficient (Wildman–Crippen LogP) is 4.29. The lowest BCUT2D eigenvalue weighted by Gasteiger charge is -2.19. The Kier molecular flexibility index (Phi) is 5.54. The summed E-state index contributed by atoms with van der Waals surface area (Å²) in [6.07, 6.45) is 4.40. The van der Waals surface area contributed by atoms with E-state index in [0.29, 0.717) is 26.6 Å². The van der Waals surface area contributed by atoms with Gasteiger partial charge in [0.2, 0.25) is 0 Å². The van der Waals surface area contributed by atoms with E-state index in [-0.39, 0.29) is 18.8 Å². The number of methoxy groups -OCH3 is 1. The van der Waals surface area contributed by atoms with E-state index in [4.69, 9.17) is 9.47 Å². The van der Waals surface area contributed by atoms with Crippen LogP contribution in [0.5, 0.6) is 0 Å². The van der Waals surface area contributed by atoms with Crippen molar-refractivity contribution in [3.05, 3.63) is 34.2 Å². The molecule has 0 amide bonds. The summed E-state index contributed by atoms with van der Waals surface area (Å²) in [5.41, 5.74) is 1.47. The first kappa shape index (κ1) is 18.1. The van der Waals surface area contributed by atoms with Gasteiger partial charge in [0.05, 0.1) is 28.4 Å². The molecule has 1 fully saturated rings. The largest absolute Gasteiger partial charge is 0.462 e. The SMILES string of the molecule is CCOC(=O)c1cnc2cc(F)c(Br)cc2c1N[C@H]1CC[C@H](OC)C1. The molecule has 2 aromatic rings. The number of anilines is 1. The van der Waals surface area contributed by atoms with E-state index in [2.05, 4.69) is 26.2 Å². The van der Waals surface area contributed by atoms with Crippen molar-refractivity contribution in [1.82, 2.24) is 4.98 Å². The highest BCUT2D eigenvalue weighted by atomic mass is 79.9. The Hall–Kier alpha value is -1.73. The second-order valence-electron chi connectivity index (χ2n) is 6.06. The monoisotopic (exact) mass is 410 g/mol. The molecule has 25 heavy (non-hydrogen) atoms. The predicted molar refractivity (Wildman–Crippen MR) is 97.4 cm³/mol. The van der Waals surface area contributed by atoms with Gasteiger partial charge in [-0.25, -0.2) is 9.18 Å². The van der Waals surface area contributed by atoms with Gasteiger partial charge in [0.1, 0.15) is 11.4 Å². The minimum atomic E-state index is -0.443. The Morgan fingerprint density at radius 2 is 2.24 bits per heavy atom. The number of nitrogens with zero attached hydrogens (tertiary/aromatic N) is 1. The van der Waals surface area contributed by atoms with Crippen LogP contribution in [0.25, 0.3) is 10.9 Å². The van der Waals surface area contributed by atoms with Crippen LogP contribution < -0.4 is 5.32 Å². The van der Waals surface area contributed by atoms with Crippen LogP contribution in [-0.2, 0) is 9.47 Å². The zero-order valence-electron chi connectivity index (χ0n) is 14.1. The number of halogens is 2. The molecule has 0 radical (unpaired) electrons. The highest BCUT2D eigenvalue weighted by Gasteiger charge is 2.27. The number of benzene rings is 1. The van der Waals surface area contributed by atoms with Crippen LogP contribution in [0.2, 0.25) is 0 Å². The summed E-state index contributed by atoms with van der Waals surface area (Å²) in [5.74, 6) is -0.837. The summed E-state index contributed by atoms with van der Waals surface area (Å²) >= 11 is 3.21. The maximum absolute atomic E-state index is 13.8. The Morgan fingerprint density at radius 1 is 1.44 bits per heavy atom. The van der Waals surface area contributed by atoms with E-state index in [0.717, 1.165) is 19.3 Å². The van der Waals surface area contributed by atoms with Crippen molar-refractivity contribution in [2.24, 2.45) is 0 Å². The molecule has 0 saturated heterocycles. The molecule has 2 atom stereocenters. The van der Waals surface area contributed by atoms with Crippen LogP contribution in [0.3, 0.4) is 0 Å². The number of rotatable bonds is 5. The minimum absolute atomic E-state index is 0.174. The lowest BCUT2D eigenvalue weighted by atomic mass is 10.1. The van der Waals surface area contributed by atoms with Crippen molar-refractivity contribution >= 4 is 38.5 Å². The van der Waals surface area contributed by atoms with Crippen LogP contribution in [0.15, 0.2) is 22.8 Å². The first-order valence-electron chi connectivity index (χ1n) is 8.27. The zero-order valence-corrected chi connectivity index (χ0v) is 15.7. The molecule has 0 spiro atoms. The van der Waals surface area contributed by atoms with Gasteiger partial charge in [-0.1, -0.05) is 0 Å². The molecule has 1 saturated carbocycles. The molecule has 3 rings (SSSR count). The fourth-order valence-electron chi connectivity index (χ4n) is 3.20. The van der Waals surface area contributed by atoms with E-state index >= 15 is 0 Å². The normalized spacial score (nSPS) is 20.0. The topological polar surface area (TPSA) is 60.5 Å². The maximum Gasteiger partial charge on any atom is 0.341 e. The summed E-state index contributed by atoms with van der Waals surface area (Å²) in [6.45, 7) is 2.03. The molecule has 1 aromatic heterocycles. The van der Waals surface area contributed by atoms with Gasteiger partial charge >= 0.3 is 5.97 Å². The molecule has 1 aliphatic rings. The van der Waals surface area contributed by atoms with E-state index in [1.165, 1.54) is 12.3 Å². The number of esters is 1. The standard InChI is InChI=1S/C18H20BrFN2O3/c1-3-25-18(23)13-9-21-16-8-15(20)14(19)7-12(16)17(13)22-10-4-5-11(6-10)24-2/h7-11H,3-6H2,1-2H3,(H,21,22)/t10-,11-/m0/s1. The number of ether oxygens (including phenoxy) is 2.